The zero-order chi connectivity index (χ0) is 19.9. The number of hydrogen-bond acceptors (Lipinski definition) is 4. The summed E-state index contributed by atoms with van der Waals surface area (Å²) in [7, 11) is 0. The molecule has 0 aliphatic rings. The summed E-state index contributed by atoms with van der Waals surface area (Å²) in [4.78, 5) is 35.2. The van der Waals surface area contributed by atoms with Gasteiger partial charge in [0.1, 0.15) is 0 Å². The summed E-state index contributed by atoms with van der Waals surface area (Å²) in [5, 5.41) is 8.21. The fourth-order valence-electron chi connectivity index (χ4n) is 2.44. The predicted molar refractivity (Wildman–Crippen MR) is 105 cm³/mol. The quantitative estimate of drug-likeness (QED) is 0.613. The summed E-state index contributed by atoms with van der Waals surface area (Å²) in [5.74, 6) is -0.482. The van der Waals surface area contributed by atoms with Crippen LogP contribution in [0.3, 0.4) is 0 Å². The molecule has 0 aliphatic carbocycles. The van der Waals surface area contributed by atoms with Crippen LogP contribution in [0.25, 0.3) is 0 Å². The van der Waals surface area contributed by atoms with Gasteiger partial charge in [-0.1, -0.05) is 12.1 Å². The van der Waals surface area contributed by atoms with E-state index >= 15 is 0 Å². The molecule has 3 amide bonds. The number of hydrogen-bond donors (Lipinski definition) is 3. The van der Waals surface area contributed by atoms with E-state index in [1.165, 1.54) is 13.2 Å². The average molecular weight is 377 g/mol. The molecule has 3 N–H and O–H groups in total. The molecule has 0 saturated heterocycles. The SMILES string of the molecule is CC(=O)NCc1ccc(C(=O)Nc2ccc(NC(=O)c3ccco3)cc2)cc1. The van der Waals surface area contributed by atoms with Crippen molar-refractivity contribution in [2.75, 3.05) is 10.6 Å². The Hall–Kier alpha value is -3.87. The lowest BCUT2D eigenvalue weighted by atomic mass is 10.1. The Kier molecular flexibility index (Phi) is 5.86. The molecule has 1 aromatic heterocycles. The molecule has 0 fully saturated rings. The van der Waals surface area contributed by atoms with Crippen molar-refractivity contribution in [3.8, 4) is 0 Å². The van der Waals surface area contributed by atoms with Crippen molar-refractivity contribution in [2.24, 2.45) is 0 Å². The van der Waals surface area contributed by atoms with Gasteiger partial charge in [0.25, 0.3) is 11.8 Å². The molecule has 0 spiro atoms. The van der Waals surface area contributed by atoms with Crippen molar-refractivity contribution in [3.05, 3.63) is 83.8 Å². The van der Waals surface area contributed by atoms with Crippen molar-refractivity contribution in [1.82, 2.24) is 5.32 Å². The van der Waals surface area contributed by atoms with Crippen LogP contribution in [-0.4, -0.2) is 17.7 Å². The van der Waals surface area contributed by atoms with E-state index in [1.807, 2.05) is 0 Å². The smallest absolute Gasteiger partial charge is 0.291 e. The van der Waals surface area contributed by atoms with E-state index in [9.17, 15) is 14.4 Å². The Morgan fingerprint density at radius 1 is 0.821 bits per heavy atom. The summed E-state index contributed by atoms with van der Waals surface area (Å²) < 4.78 is 5.04. The highest BCUT2D eigenvalue weighted by Crippen LogP contribution is 2.16. The summed E-state index contributed by atoms with van der Waals surface area (Å²) in [6, 6.07) is 17.0. The van der Waals surface area contributed by atoms with Crippen molar-refractivity contribution in [1.29, 1.82) is 0 Å². The Morgan fingerprint density at radius 3 is 1.96 bits per heavy atom. The third-order valence-electron chi connectivity index (χ3n) is 3.90. The van der Waals surface area contributed by atoms with Crippen molar-refractivity contribution < 1.29 is 18.8 Å². The Balaban J connectivity index is 1.56. The van der Waals surface area contributed by atoms with Gasteiger partial charge in [-0.05, 0) is 54.1 Å². The van der Waals surface area contributed by atoms with E-state index < -0.39 is 0 Å². The zero-order valence-corrected chi connectivity index (χ0v) is 15.2. The second kappa shape index (κ2) is 8.68. The van der Waals surface area contributed by atoms with E-state index in [0.29, 0.717) is 23.5 Å². The average Bonchev–Trinajstić information content (AvgIpc) is 3.23. The van der Waals surface area contributed by atoms with Gasteiger partial charge < -0.3 is 20.4 Å². The number of amides is 3. The number of anilines is 2. The van der Waals surface area contributed by atoms with Crippen molar-refractivity contribution in [2.45, 2.75) is 13.5 Å². The predicted octanol–water partition coefficient (Wildman–Crippen LogP) is 3.42. The van der Waals surface area contributed by atoms with E-state index in [1.54, 1.807) is 60.7 Å². The molecule has 1 heterocycles. The minimum atomic E-state index is -0.346. The number of rotatable bonds is 6. The van der Waals surface area contributed by atoms with Crippen LogP contribution in [-0.2, 0) is 11.3 Å². The number of nitrogens with one attached hydrogen (secondary N) is 3. The summed E-state index contributed by atoms with van der Waals surface area (Å²) in [5.41, 5.74) is 2.59. The van der Waals surface area contributed by atoms with Gasteiger partial charge in [-0.3, -0.25) is 14.4 Å². The van der Waals surface area contributed by atoms with Gasteiger partial charge in [0.2, 0.25) is 5.91 Å². The molecule has 0 atom stereocenters. The number of furan rings is 1. The van der Waals surface area contributed by atoms with Gasteiger partial charge in [0.05, 0.1) is 6.26 Å². The second-order valence-electron chi connectivity index (χ2n) is 6.07. The molecule has 7 heteroatoms. The Labute approximate surface area is 161 Å². The molecule has 3 aromatic rings. The second-order valence-corrected chi connectivity index (χ2v) is 6.07. The lowest BCUT2D eigenvalue weighted by molar-refractivity contribution is -0.119. The number of carbonyl (C=O) groups is 3. The van der Waals surface area contributed by atoms with Crippen LogP contribution in [0.1, 0.15) is 33.4 Å². The van der Waals surface area contributed by atoms with Crippen LogP contribution < -0.4 is 16.0 Å². The van der Waals surface area contributed by atoms with Crippen LogP contribution in [0.2, 0.25) is 0 Å². The van der Waals surface area contributed by atoms with Crippen molar-refractivity contribution in [3.63, 3.8) is 0 Å². The fraction of sp³-hybridized carbons (Fsp3) is 0.0952. The van der Waals surface area contributed by atoms with E-state index in [0.717, 1.165) is 5.56 Å². The van der Waals surface area contributed by atoms with Crippen LogP contribution in [0.15, 0.2) is 71.3 Å². The Bertz CT molecular complexity index is 962. The molecule has 0 saturated carbocycles. The fourth-order valence-corrected chi connectivity index (χ4v) is 2.44. The third kappa shape index (κ3) is 5.07. The molecule has 7 nitrogen and oxygen atoms in total. The monoisotopic (exact) mass is 377 g/mol. The number of carbonyl (C=O) groups excluding carboxylic acids is 3. The first kappa shape index (κ1) is 18.9. The van der Waals surface area contributed by atoms with E-state index in [4.69, 9.17) is 4.42 Å². The number of benzene rings is 2. The minimum Gasteiger partial charge on any atom is -0.459 e. The molecular weight excluding hydrogens is 358 g/mol. The molecule has 142 valence electrons. The van der Waals surface area contributed by atoms with Gasteiger partial charge in [-0.25, -0.2) is 0 Å². The molecule has 2 aromatic carbocycles. The van der Waals surface area contributed by atoms with Crippen LogP contribution in [0.5, 0.6) is 0 Å². The largest absolute Gasteiger partial charge is 0.459 e. The lowest BCUT2D eigenvalue weighted by Gasteiger charge is -2.08. The van der Waals surface area contributed by atoms with Crippen LogP contribution >= 0.6 is 0 Å². The standard InChI is InChI=1S/C21H19N3O4/c1-14(25)22-13-15-4-6-16(7-5-15)20(26)23-17-8-10-18(11-9-17)24-21(27)19-3-2-12-28-19/h2-12H,13H2,1H3,(H,22,25)(H,23,26)(H,24,27). The maximum Gasteiger partial charge on any atom is 0.291 e. The first-order chi connectivity index (χ1) is 13.5. The van der Waals surface area contributed by atoms with Crippen LogP contribution in [0.4, 0.5) is 11.4 Å². The third-order valence-corrected chi connectivity index (χ3v) is 3.90. The zero-order valence-electron chi connectivity index (χ0n) is 15.2. The van der Waals surface area contributed by atoms with Gasteiger partial charge in [0, 0.05) is 30.4 Å². The van der Waals surface area contributed by atoms with Crippen molar-refractivity contribution >= 4 is 29.1 Å². The molecule has 0 aliphatic heterocycles. The first-order valence-electron chi connectivity index (χ1n) is 8.61. The highest BCUT2D eigenvalue weighted by molar-refractivity contribution is 6.05. The van der Waals surface area contributed by atoms with Gasteiger partial charge >= 0.3 is 0 Å². The maximum atomic E-state index is 12.3. The Morgan fingerprint density at radius 2 is 1.43 bits per heavy atom. The maximum absolute atomic E-state index is 12.3. The highest BCUT2D eigenvalue weighted by atomic mass is 16.3. The van der Waals surface area contributed by atoms with Gasteiger partial charge in [-0.15, -0.1) is 0 Å². The molecule has 0 unspecified atom stereocenters. The first-order valence-corrected chi connectivity index (χ1v) is 8.61. The summed E-state index contributed by atoms with van der Waals surface area (Å²) >= 11 is 0. The minimum absolute atomic E-state index is 0.106. The van der Waals surface area contributed by atoms with E-state index in [-0.39, 0.29) is 23.5 Å². The summed E-state index contributed by atoms with van der Waals surface area (Å²) in [6.07, 6.45) is 1.43. The molecular formula is C21H19N3O4. The molecule has 0 bridgehead atoms. The molecule has 3 rings (SSSR count). The van der Waals surface area contributed by atoms with Gasteiger partial charge in [-0.2, -0.15) is 0 Å². The van der Waals surface area contributed by atoms with E-state index in [2.05, 4.69) is 16.0 Å². The highest BCUT2D eigenvalue weighted by Gasteiger charge is 2.09. The lowest BCUT2D eigenvalue weighted by Crippen LogP contribution is -2.19. The topological polar surface area (TPSA) is 100 Å². The molecule has 0 radical (unpaired) electrons. The van der Waals surface area contributed by atoms with Gasteiger partial charge in [0.15, 0.2) is 5.76 Å². The molecule has 28 heavy (non-hydrogen) atoms. The normalized spacial score (nSPS) is 10.2. The van der Waals surface area contributed by atoms with Crippen LogP contribution in [0, 0.1) is 0 Å². The summed E-state index contributed by atoms with van der Waals surface area (Å²) in [6.45, 7) is 1.87.